The quantitative estimate of drug-likeness (QED) is 0.155. The molecular formula is C67H38B2N4O4. The molecule has 6 aliphatic heterocycles. The van der Waals surface area contributed by atoms with E-state index in [-0.39, 0.29) is 13.4 Å². The molecule has 0 aliphatic carbocycles. The first-order valence-electron chi connectivity index (χ1n) is 26.4. The highest BCUT2D eigenvalue weighted by Gasteiger charge is 2.50. The number of nitrogens with zero attached hydrogens (tertiary/aromatic N) is 4. The van der Waals surface area contributed by atoms with Crippen LogP contribution in [0.4, 0.5) is 34.1 Å². The van der Waals surface area contributed by atoms with Crippen molar-refractivity contribution in [1.29, 1.82) is 0 Å². The Labute approximate surface area is 441 Å². The second-order valence-corrected chi connectivity index (χ2v) is 21.1. The lowest BCUT2D eigenvalue weighted by Crippen LogP contribution is -2.63. The lowest BCUT2D eigenvalue weighted by molar-refractivity contribution is 0.452. The van der Waals surface area contributed by atoms with Crippen LogP contribution in [0, 0.1) is 6.92 Å². The van der Waals surface area contributed by atoms with E-state index in [1.165, 1.54) is 32.7 Å². The number of benzene rings is 11. The molecule has 8 nitrogen and oxygen atoms in total. The third-order valence-corrected chi connectivity index (χ3v) is 17.3. The first kappa shape index (κ1) is 40.4. The fourth-order valence-electron chi connectivity index (χ4n) is 14.4. The van der Waals surface area contributed by atoms with Gasteiger partial charge in [0.05, 0.1) is 33.8 Å². The normalized spacial score (nSPS) is 13.6. The van der Waals surface area contributed by atoms with Crippen LogP contribution in [0.5, 0.6) is 46.0 Å². The van der Waals surface area contributed by atoms with Gasteiger partial charge in [0.2, 0.25) is 0 Å². The Morgan fingerprint density at radius 1 is 0.325 bits per heavy atom. The van der Waals surface area contributed by atoms with Gasteiger partial charge in [0.1, 0.15) is 23.0 Å². The van der Waals surface area contributed by atoms with Crippen molar-refractivity contribution in [2.75, 3.05) is 9.80 Å². The molecule has 0 N–H and O–H groups in total. The van der Waals surface area contributed by atoms with Crippen LogP contribution < -0.4 is 61.5 Å². The zero-order valence-electron chi connectivity index (χ0n) is 41.3. The van der Waals surface area contributed by atoms with Crippen molar-refractivity contribution in [1.82, 2.24) is 9.13 Å². The minimum Gasteiger partial charge on any atom is -0.458 e. The predicted octanol–water partition coefficient (Wildman–Crippen LogP) is 13.2. The van der Waals surface area contributed by atoms with E-state index in [1.807, 2.05) is 0 Å². The number of hydrogen-bond acceptors (Lipinski definition) is 6. The van der Waals surface area contributed by atoms with Gasteiger partial charge in [0, 0.05) is 83.9 Å². The van der Waals surface area contributed by atoms with Crippen molar-refractivity contribution in [2.24, 2.45) is 0 Å². The van der Waals surface area contributed by atoms with Gasteiger partial charge >= 0.3 is 0 Å². The maximum Gasteiger partial charge on any atom is 0.256 e. The molecular weight excluding hydrogens is 946 g/mol. The molecule has 0 fully saturated rings. The molecule has 0 unspecified atom stereocenters. The van der Waals surface area contributed by atoms with E-state index >= 15 is 0 Å². The van der Waals surface area contributed by atoms with E-state index in [4.69, 9.17) is 18.9 Å². The molecule has 2 aromatic heterocycles. The van der Waals surface area contributed by atoms with Gasteiger partial charge in [-0.05, 0) is 89.4 Å². The van der Waals surface area contributed by atoms with Gasteiger partial charge in [-0.3, -0.25) is 0 Å². The molecule has 0 spiro atoms. The number of hydrogen-bond donors (Lipinski definition) is 0. The van der Waals surface area contributed by atoms with Crippen LogP contribution >= 0.6 is 0 Å². The molecule has 0 radical (unpaired) electrons. The Hall–Kier alpha value is -10.1. The van der Waals surface area contributed by atoms with Crippen molar-refractivity contribution in [3.8, 4) is 57.4 Å². The first-order chi connectivity index (χ1) is 38.2. The van der Waals surface area contributed by atoms with Gasteiger partial charge in [-0.2, -0.15) is 0 Å². The van der Waals surface area contributed by atoms with Crippen LogP contribution in [0.2, 0.25) is 0 Å². The fourth-order valence-corrected chi connectivity index (χ4v) is 14.4. The summed E-state index contributed by atoms with van der Waals surface area (Å²) in [4.78, 5) is 4.60. The SMILES string of the molecule is Cc1c2c(cc3c1Oc1cc(N(c4ccccc4)c4ccccc4)c4c5c1B3c1cccc3c6cccc(c6n-5c13)O4)B1c3c(cc(N(c4ccccc4)c4ccccc4)c4c3-n3c5c(cccc5c5cccc1c53)O4)O2. The van der Waals surface area contributed by atoms with Crippen molar-refractivity contribution < 1.29 is 18.9 Å². The van der Waals surface area contributed by atoms with E-state index < -0.39 is 0 Å². The standard InChI is InChI=1S/C67H38B2N4O4/c1-37-64-48(68-46-30-14-26-42-44-28-16-32-52-60(44)72(58(42)46)62-56(68)54(76-64)35-50(66(62)74-52)70(38-18-6-2-7-19-38)39-20-8-3-9-21-39)34-49-65(37)77-55-36-51(71(40-22-10-4-11-23-40)41-24-12-5-13-25-41)67-63-57(55)69(49)47-31-15-27-43-45-29-17-33-53(75-67)61(45)73(63)59(43)47/h2-36H,1H3. The van der Waals surface area contributed by atoms with Gasteiger partial charge in [-0.1, -0.05) is 140 Å². The second kappa shape index (κ2) is 14.2. The minimum atomic E-state index is -0.201. The van der Waals surface area contributed by atoms with Crippen LogP contribution in [0.15, 0.2) is 212 Å². The molecule has 0 atom stereocenters. The maximum atomic E-state index is 7.60. The molecule has 13 aromatic rings. The van der Waals surface area contributed by atoms with Crippen LogP contribution in [0.3, 0.4) is 0 Å². The summed E-state index contributed by atoms with van der Waals surface area (Å²) in [7, 11) is 0. The van der Waals surface area contributed by atoms with Crippen molar-refractivity contribution in [2.45, 2.75) is 6.92 Å². The topological polar surface area (TPSA) is 53.3 Å². The largest absolute Gasteiger partial charge is 0.458 e. The van der Waals surface area contributed by atoms with Crippen LogP contribution in [-0.4, -0.2) is 22.6 Å². The summed E-state index contributed by atoms with van der Waals surface area (Å²) in [5, 5.41) is 4.73. The highest BCUT2D eigenvalue weighted by atomic mass is 16.5. The molecule has 8 heterocycles. The molecule has 0 bridgehead atoms. The number of aromatic nitrogens is 2. The van der Waals surface area contributed by atoms with Gasteiger partial charge in [-0.25, -0.2) is 0 Å². The average molecular weight is 985 g/mol. The highest BCUT2D eigenvalue weighted by molar-refractivity contribution is 7.02. The summed E-state index contributed by atoms with van der Waals surface area (Å²) in [6, 6.07) is 75.7. The monoisotopic (exact) mass is 984 g/mol. The molecule has 0 amide bonds. The third-order valence-electron chi connectivity index (χ3n) is 17.3. The lowest BCUT2D eigenvalue weighted by atomic mass is 9.31. The lowest BCUT2D eigenvalue weighted by Gasteiger charge is -2.41. The first-order valence-corrected chi connectivity index (χ1v) is 26.4. The summed E-state index contributed by atoms with van der Waals surface area (Å²) in [5.41, 5.74) is 20.2. The van der Waals surface area contributed by atoms with Crippen LogP contribution in [0.1, 0.15) is 5.56 Å². The van der Waals surface area contributed by atoms with E-state index in [1.54, 1.807) is 0 Å². The minimum absolute atomic E-state index is 0.201. The number of anilines is 6. The smallest absolute Gasteiger partial charge is 0.256 e. The van der Waals surface area contributed by atoms with Gasteiger partial charge in [0.25, 0.3) is 13.4 Å². The van der Waals surface area contributed by atoms with Crippen molar-refractivity contribution in [3.05, 3.63) is 218 Å². The predicted molar refractivity (Wildman–Crippen MR) is 312 cm³/mol. The maximum absolute atomic E-state index is 7.60. The summed E-state index contributed by atoms with van der Waals surface area (Å²) >= 11 is 0. The number of fused-ring (bicyclic) bond motifs is 8. The van der Waals surface area contributed by atoms with Crippen molar-refractivity contribution >= 4 is 124 Å². The third kappa shape index (κ3) is 4.93. The van der Waals surface area contributed by atoms with Gasteiger partial charge < -0.3 is 37.9 Å². The zero-order valence-corrected chi connectivity index (χ0v) is 41.3. The van der Waals surface area contributed by atoms with E-state index in [2.05, 4.69) is 238 Å². The van der Waals surface area contributed by atoms with E-state index in [0.717, 1.165) is 141 Å². The summed E-state index contributed by atoms with van der Waals surface area (Å²) in [6.45, 7) is 1.79. The van der Waals surface area contributed by atoms with Gasteiger partial charge in [0.15, 0.2) is 23.0 Å². The Bertz CT molecular complexity index is 4470. The molecule has 0 saturated carbocycles. The Morgan fingerprint density at radius 3 is 1.06 bits per heavy atom. The fraction of sp³-hybridized carbons (Fsp3) is 0.0149. The number of ether oxygens (including phenoxy) is 4. The Kier molecular flexibility index (Phi) is 7.44. The van der Waals surface area contributed by atoms with Crippen LogP contribution in [0.25, 0.3) is 55.0 Å². The molecule has 6 aliphatic rings. The zero-order chi connectivity index (χ0) is 49.9. The molecule has 77 heavy (non-hydrogen) atoms. The second-order valence-electron chi connectivity index (χ2n) is 21.1. The molecule has 11 aromatic carbocycles. The number of para-hydroxylation sites is 8. The summed E-state index contributed by atoms with van der Waals surface area (Å²) in [5.74, 6) is 6.45. The molecule has 10 heteroatoms. The average Bonchev–Trinajstić information content (AvgIpc) is 4.06. The summed E-state index contributed by atoms with van der Waals surface area (Å²) < 4.78 is 34.9. The van der Waals surface area contributed by atoms with Gasteiger partial charge in [-0.15, -0.1) is 0 Å². The van der Waals surface area contributed by atoms with Crippen LogP contribution in [-0.2, 0) is 0 Å². The Morgan fingerprint density at radius 2 is 0.675 bits per heavy atom. The highest BCUT2D eigenvalue weighted by Crippen LogP contribution is 2.57. The molecule has 356 valence electrons. The van der Waals surface area contributed by atoms with Crippen molar-refractivity contribution in [3.63, 3.8) is 0 Å². The van der Waals surface area contributed by atoms with E-state index in [9.17, 15) is 0 Å². The summed E-state index contributed by atoms with van der Waals surface area (Å²) in [6.07, 6.45) is 0. The molecule has 0 saturated heterocycles. The van der Waals surface area contributed by atoms with E-state index in [0.29, 0.717) is 0 Å². The Balaban J connectivity index is 0.908. The molecule has 19 rings (SSSR count). The number of rotatable bonds is 6.